The minimum Gasteiger partial charge on any atom is -0.463 e. The maximum atomic E-state index is 12.3. The number of ether oxygens (including phenoxy) is 3. The molecule has 10 heteroatoms. The Bertz CT molecular complexity index is 932. The number of H-pyrrole nitrogens is 1. The summed E-state index contributed by atoms with van der Waals surface area (Å²) in [4.78, 5) is 49.0. The second-order valence-corrected chi connectivity index (χ2v) is 12.3. The van der Waals surface area contributed by atoms with Gasteiger partial charge in [0.2, 0.25) is 0 Å². The highest BCUT2D eigenvalue weighted by molar-refractivity contribution is 6.83. The number of hydrogen-bond acceptors (Lipinski definition) is 7. The second-order valence-electron chi connectivity index (χ2n) is 7.52. The molecule has 1 fully saturated rings. The van der Waals surface area contributed by atoms with Crippen molar-refractivity contribution in [2.24, 2.45) is 0 Å². The summed E-state index contributed by atoms with van der Waals surface area (Å²) in [5.74, 6) is 1.82. The molecule has 1 saturated heterocycles. The molecule has 9 nitrogen and oxygen atoms in total. The molecular formula is C18H24N2O7Si. The van der Waals surface area contributed by atoms with E-state index in [0.717, 1.165) is 0 Å². The minimum absolute atomic E-state index is 0.121. The summed E-state index contributed by atoms with van der Waals surface area (Å²) in [5, 5.41) is 0. The molecule has 2 rings (SSSR count). The molecule has 1 aliphatic rings. The van der Waals surface area contributed by atoms with Crippen LogP contribution in [0, 0.1) is 11.5 Å². The highest BCUT2D eigenvalue weighted by atomic mass is 28.3. The fourth-order valence-corrected chi connectivity index (χ4v) is 3.11. The van der Waals surface area contributed by atoms with Crippen LogP contribution in [0.5, 0.6) is 0 Å². The third-order valence-electron chi connectivity index (χ3n) is 3.80. The molecule has 0 radical (unpaired) electrons. The Labute approximate surface area is 163 Å². The lowest BCUT2D eigenvalue weighted by molar-refractivity contribution is -0.155. The molecule has 3 unspecified atom stereocenters. The number of hydrogen-bond donors (Lipinski definition) is 1. The maximum absolute atomic E-state index is 12.3. The van der Waals surface area contributed by atoms with Gasteiger partial charge in [0.1, 0.15) is 38.7 Å². The molecule has 3 atom stereocenters. The number of aromatic amines is 1. The first kappa shape index (κ1) is 21.7. The number of nitrogens with one attached hydrogen (secondary N) is 1. The quantitative estimate of drug-likeness (QED) is 0.439. The molecule has 1 aliphatic heterocycles. The molecule has 0 saturated carbocycles. The molecule has 0 aliphatic carbocycles. The number of carbonyl (C=O) groups excluding carboxylic acids is 2. The highest BCUT2D eigenvalue weighted by Crippen LogP contribution is 2.30. The van der Waals surface area contributed by atoms with Crippen molar-refractivity contribution < 1.29 is 23.8 Å². The Morgan fingerprint density at radius 2 is 1.96 bits per heavy atom. The Kier molecular flexibility index (Phi) is 6.63. The van der Waals surface area contributed by atoms with Crippen LogP contribution in [-0.4, -0.2) is 48.4 Å². The van der Waals surface area contributed by atoms with Gasteiger partial charge in [-0.1, -0.05) is 25.6 Å². The van der Waals surface area contributed by atoms with Crippen molar-refractivity contribution >= 4 is 20.0 Å². The topological polar surface area (TPSA) is 117 Å². The third-order valence-corrected chi connectivity index (χ3v) is 4.67. The van der Waals surface area contributed by atoms with E-state index in [1.165, 1.54) is 24.6 Å². The molecule has 1 aromatic heterocycles. The van der Waals surface area contributed by atoms with E-state index in [9.17, 15) is 19.2 Å². The van der Waals surface area contributed by atoms with E-state index < -0.39 is 49.7 Å². The van der Waals surface area contributed by atoms with Gasteiger partial charge in [0.15, 0.2) is 0 Å². The first-order valence-electron chi connectivity index (χ1n) is 8.81. The maximum Gasteiger partial charge on any atom is 0.330 e. The predicted octanol–water partition coefficient (Wildman–Crippen LogP) is 0.548. The monoisotopic (exact) mass is 408 g/mol. The molecule has 0 bridgehead atoms. The van der Waals surface area contributed by atoms with E-state index in [1.807, 2.05) is 19.6 Å². The minimum atomic E-state index is -1.73. The first-order chi connectivity index (χ1) is 13.0. The van der Waals surface area contributed by atoms with Crippen LogP contribution < -0.4 is 11.2 Å². The molecule has 152 valence electrons. The molecule has 0 spiro atoms. The van der Waals surface area contributed by atoms with Crippen molar-refractivity contribution in [3.8, 4) is 11.5 Å². The average molecular weight is 408 g/mol. The normalized spacial score (nSPS) is 21.5. The summed E-state index contributed by atoms with van der Waals surface area (Å²) < 4.78 is 17.2. The van der Waals surface area contributed by atoms with Gasteiger partial charge in [0.25, 0.3) is 5.56 Å². The molecule has 1 N–H and O–H groups in total. The Morgan fingerprint density at radius 3 is 2.54 bits per heavy atom. The summed E-state index contributed by atoms with van der Waals surface area (Å²) in [7, 11) is -1.73. The Balaban J connectivity index is 2.33. The fourth-order valence-electron chi connectivity index (χ4n) is 2.60. The zero-order valence-corrected chi connectivity index (χ0v) is 17.5. The Morgan fingerprint density at radius 1 is 1.29 bits per heavy atom. The van der Waals surface area contributed by atoms with Crippen LogP contribution in [0.1, 0.15) is 32.1 Å². The van der Waals surface area contributed by atoms with Crippen LogP contribution in [-0.2, 0) is 23.8 Å². The standard InChI is InChI=1S/C18H24N2O7Si/c1-11(21)25-10-15-14(26-12(2)22)8-16(27-15)20-9-13(6-7-28(3,4)5)17(23)19-18(20)24/h9,14-16H,8,10H2,1-5H3,(H,19,23,24). The summed E-state index contributed by atoms with van der Waals surface area (Å²) in [6, 6.07) is 0. The van der Waals surface area contributed by atoms with Crippen molar-refractivity contribution in [2.75, 3.05) is 6.61 Å². The van der Waals surface area contributed by atoms with Crippen molar-refractivity contribution in [3.05, 3.63) is 32.6 Å². The van der Waals surface area contributed by atoms with Gasteiger partial charge in [0, 0.05) is 26.5 Å². The van der Waals surface area contributed by atoms with Crippen LogP contribution >= 0.6 is 0 Å². The predicted molar refractivity (Wildman–Crippen MR) is 102 cm³/mol. The van der Waals surface area contributed by atoms with Crippen LogP contribution in [0.3, 0.4) is 0 Å². The number of aromatic nitrogens is 2. The average Bonchev–Trinajstić information content (AvgIpc) is 2.93. The third kappa shape index (κ3) is 5.93. The van der Waals surface area contributed by atoms with Gasteiger partial charge < -0.3 is 14.2 Å². The van der Waals surface area contributed by atoms with Gasteiger partial charge in [-0.2, -0.15) is 0 Å². The first-order valence-corrected chi connectivity index (χ1v) is 12.3. The fraction of sp³-hybridized carbons (Fsp3) is 0.556. The smallest absolute Gasteiger partial charge is 0.330 e. The van der Waals surface area contributed by atoms with Crippen molar-refractivity contribution in [1.82, 2.24) is 9.55 Å². The Hall–Kier alpha value is -2.64. The van der Waals surface area contributed by atoms with Crippen molar-refractivity contribution in [2.45, 2.75) is 58.3 Å². The van der Waals surface area contributed by atoms with E-state index >= 15 is 0 Å². The van der Waals surface area contributed by atoms with Crippen LogP contribution in [0.4, 0.5) is 0 Å². The number of rotatable bonds is 4. The highest BCUT2D eigenvalue weighted by Gasteiger charge is 2.39. The van der Waals surface area contributed by atoms with E-state index in [0.29, 0.717) is 0 Å². The number of carbonyl (C=O) groups is 2. The number of esters is 2. The van der Waals surface area contributed by atoms with Gasteiger partial charge in [-0.25, -0.2) is 4.79 Å². The molecular weight excluding hydrogens is 384 g/mol. The molecule has 0 aromatic carbocycles. The summed E-state index contributed by atoms with van der Waals surface area (Å²) in [5.41, 5.74) is 1.99. The van der Waals surface area contributed by atoms with Crippen LogP contribution in [0.15, 0.2) is 15.8 Å². The summed E-state index contributed by atoms with van der Waals surface area (Å²) in [6.45, 7) is 8.49. The SMILES string of the molecule is CC(=O)OCC1OC(n2cc(C#C[Si](C)(C)C)c(=O)[nH]c2=O)CC1OC(C)=O. The summed E-state index contributed by atoms with van der Waals surface area (Å²) in [6.07, 6.45) is -0.719. The van der Waals surface area contributed by atoms with Crippen molar-refractivity contribution in [3.63, 3.8) is 0 Å². The van der Waals surface area contributed by atoms with E-state index in [4.69, 9.17) is 14.2 Å². The van der Waals surface area contributed by atoms with E-state index in [1.54, 1.807) is 0 Å². The van der Waals surface area contributed by atoms with E-state index in [2.05, 4.69) is 16.4 Å². The molecule has 2 heterocycles. The second kappa shape index (κ2) is 8.58. The molecule has 1 aromatic rings. The van der Waals surface area contributed by atoms with Crippen molar-refractivity contribution in [1.29, 1.82) is 0 Å². The van der Waals surface area contributed by atoms with Gasteiger partial charge >= 0.3 is 17.6 Å². The van der Waals surface area contributed by atoms with Gasteiger partial charge in [-0.3, -0.25) is 23.9 Å². The molecule has 28 heavy (non-hydrogen) atoms. The zero-order valence-electron chi connectivity index (χ0n) is 16.5. The lowest BCUT2D eigenvalue weighted by Crippen LogP contribution is -2.34. The van der Waals surface area contributed by atoms with Gasteiger partial charge in [-0.15, -0.1) is 5.54 Å². The lowest BCUT2D eigenvalue weighted by atomic mass is 10.2. The molecule has 0 amide bonds. The summed E-state index contributed by atoms with van der Waals surface area (Å²) >= 11 is 0. The zero-order chi connectivity index (χ0) is 21.1. The van der Waals surface area contributed by atoms with Crippen LogP contribution in [0.2, 0.25) is 19.6 Å². The number of nitrogens with zero attached hydrogens (tertiary/aromatic N) is 1. The lowest BCUT2D eigenvalue weighted by Gasteiger charge is -2.17. The van der Waals surface area contributed by atoms with Gasteiger partial charge in [-0.05, 0) is 0 Å². The largest absolute Gasteiger partial charge is 0.463 e. The van der Waals surface area contributed by atoms with Crippen LogP contribution in [0.25, 0.3) is 0 Å². The van der Waals surface area contributed by atoms with E-state index in [-0.39, 0.29) is 18.6 Å². The van der Waals surface area contributed by atoms with Gasteiger partial charge in [0.05, 0.1) is 0 Å².